The molecule has 437 valence electrons. The number of hydrogen-bond donors (Lipinski definition) is 6. The van der Waals surface area contributed by atoms with E-state index >= 15 is 0 Å². The normalized spacial score (nSPS) is 19.1. The van der Waals surface area contributed by atoms with Crippen LogP contribution in [0.5, 0.6) is 0 Å². The topological polar surface area (TPSA) is 198 Å². The number of ether oxygens (including phenoxy) is 1. The number of aliphatic hydroxyl groups excluding tert-OH is 1. The smallest absolute Gasteiger partial charge is 0.410 e. The largest absolute Gasteiger partial charge is 0.478 e. The summed E-state index contributed by atoms with van der Waals surface area (Å²) >= 11 is 0. The van der Waals surface area contributed by atoms with Gasteiger partial charge in [0, 0.05) is 57.1 Å². The number of hydrogen-bond acceptors (Lipinski definition) is 10. The van der Waals surface area contributed by atoms with Crippen molar-refractivity contribution >= 4 is 34.7 Å². The minimum atomic E-state index is -2.18. The summed E-state index contributed by atoms with van der Waals surface area (Å²) < 4.78 is 13.0. The zero-order valence-electron chi connectivity index (χ0n) is 50.1. The molecule has 4 heterocycles. The average molecular weight is 1130 g/mol. The van der Waals surface area contributed by atoms with Crippen LogP contribution in [-0.4, -0.2) is 119 Å². The summed E-state index contributed by atoms with van der Waals surface area (Å²) in [6, 6.07) is 35.1. The summed E-state index contributed by atoms with van der Waals surface area (Å²) in [4.78, 5) is 41.6. The number of carbonyl (C=O) groups is 3. The Kier molecular flexibility index (Phi) is 21.4. The lowest BCUT2D eigenvalue weighted by Gasteiger charge is -2.43. The van der Waals surface area contributed by atoms with Gasteiger partial charge in [0.15, 0.2) is 8.32 Å². The van der Waals surface area contributed by atoms with Crippen LogP contribution in [0.3, 0.4) is 0 Å². The van der Waals surface area contributed by atoms with E-state index in [0.717, 1.165) is 80.3 Å². The first-order valence-corrected chi connectivity index (χ1v) is 32.1. The molecule has 2 amide bonds. The fourth-order valence-corrected chi connectivity index (χ4v) is 12.8. The molecule has 82 heavy (non-hydrogen) atoms. The number of carboxylic acids is 1. The van der Waals surface area contributed by atoms with Crippen molar-refractivity contribution < 1.29 is 33.8 Å². The number of likely N-dealkylation sites (tertiary alicyclic amines) is 1. The zero-order chi connectivity index (χ0) is 58.1. The molecule has 6 N–H and O–H groups in total. The summed E-state index contributed by atoms with van der Waals surface area (Å²) in [5.74, 6) is -0.933. The number of carbonyl (C=O) groups excluding carboxylic acids is 2. The first-order valence-electron chi connectivity index (χ1n) is 29.2. The van der Waals surface area contributed by atoms with Gasteiger partial charge in [-0.15, -0.1) is 0 Å². The van der Waals surface area contributed by atoms with E-state index in [4.69, 9.17) is 9.16 Å². The number of aryl methyl sites for hydroxylation is 2. The SMILES string of the molecule is CC(C)(C)OC(=O)N1C(Cc2ccc(C(=O)O)cc2)CC[C@@H]1[C@H](O[Si](C)(C)C(C)(C)C)c1ccccc1.CN(Cc1n[nH]c2c1CCC2)C(=O)c1ccc(C[C@@H]2CC[C@H]([C@H](O)c3ccccc3)N2)cc1.CNCc1n[nH]c2c1CCC2.[B]. The molecule has 0 saturated carbocycles. The maximum absolute atomic E-state index is 13.7. The van der Waals surface area contributed by atoms with Gasteiger partial charge in [-0.1, -0.05) is 106 Å². The predicted molar refractivity (Wildman–Crippen MR) is 326 cm³/mol. The summed E-state index contributed by atoms with van der Waals surface area (Å²) in [5.41, 5.74) is 12.1. The standard InChI is InChI=1S/C30H43NO5Si.C27H32N4O2.C8H13N3.B/c1-29(2,3)35-28(34)31-24(20-21-14-16-23(17-15-21)27(32)33)18-19-25(31)26(22-12-10-9-11-13-22)36-37(7,8)30(4,5)6;1-31(17-25-22-8-5-9-23(22)29-30-25)27(33)20-12-10-18(11-13-20)16-21-14-15-24(28-21)26(32)19-6-3-2-4-7-19;1-9-5-8-6-3-2-4-7(6)10-11-8;/h9-17,24-26H,18-20H2,1-8H3,(H,32,33);2-4,6-7,10-13,21,24,26,28,32H,5,8-9,14-17H2,1H3,(H,29,30);9H,2-5H2,1H3,(H,10,11);/t24?,25-,26-;21-,24+,26+;;/m10../s1. The molecule has 2 aromatic heterocycles. The molecule has 4 aromatic carbocycles. The second kappa shape index (κ2) is 27.8. The molecule has 2 fully saturated rings. The van der Waals surface area contributed by atoms with Crippen LogP contribution in [0, 0.1) is 0 Å². The molecule has 2 aliphatic carbocycles. The maximum Gasteiger partial charge on any atom is 0.410 e. The molecule has 2 aliphatic heterocycles. The molecule has 1 unspecified atom stereocenters. The number of carboxylic acid groups (broad SMARTS) is 1. The molecule has 6 atom stereocenters. The van der Waals surface area contributed by atoms with Crippen LogP contribution in [0.1, 0.15) is 169 Å². The highest BCUT2D eigenvalue weighted by atomic mass is 28.4. The summed E-state index contributed by atoms with van der Waals surface area (Å²) in [6.07, 6.45) is 11.0. The van der Waals surface area contributed by atoms with E-state index in [1.165, 1.54) is 53.0 Å². The van der Waals surface area contributed by atoms with E-state index in [1.807, 2.05) is 113 Å². The molecule has 15 nitrogen and oxygen atoms in total. The van der Waals surface area contributed by atoms with Crippen LogP contribution in [-0.2, 0) is 60.8 Å². The second-order valence-electron chi connectivity index (χ2n) is 25.1. The lowest BCUT2D eigenvalue weighted by Crippen LogP contribution is -2.50. The average Bonchev–Trinajstić information content (AvgIpc) is 4.05. The Morgan fingerprint density at radius 2 is 1.28 bits per heavy atom. The van der Waals surface area contributed by atoms with Gasteiger partial charge in [0.05, 0.1) is 41.7 Å². The summed E-state index contributed by atoms with van der Waals surface area (Å²) in [7, 11) is 1.62. The number of aromatic nitrogens is 4. The van der Waals surface area contributed by atoms with E-state index in [0.29, 0.717) is 24.6 Å². The molecule has 0 bridgehead atoms. The molecule has 17 heteroatoms. The number of rotatable bonds is 16. The Hall–Kier alpha value is -6.37. The number of aromatic amines is 2. The van der Waals surface area contributed by atoms with E-state index in [1.54, 1.807) is 17.0 Å². The third-order valence-corrected chi connectivity index (χ3v) is 21.3. The van der Waals surface area contributed by atoms with Crippen molar-refractivity contribution in [2.24, 2.45) is 0 Å². The maximum atomic E-state index is 13.7. The molecular formula is C65H88BN8O7Si. The van der Waals surface area contributed by atoms with Gasteiger partial charge < -0.3 is 34.9 Å². The van der Waals surface area contributed by atoms with Crippen molar-refractivity contribution in [2.75, 3.05) is 14.1 Å². The third-order valence-electron chi connectivity index (χ3n) is 16.9. The van der Waals surface area contributed by atoms with Crippen molar-refractivity contribution in [3.63, 3.8) is 0 Å². The summed E-state index contributed by atoms with van der Waals surface area (Å²) in [6.45, 7) is 18.3. The Labute approximate surface area is 489 Å². The molecule has 0 spiro atoms. The molecule has 10 rings (SSSR count). The van der Waals surface area contributed by atoms with Crippen molar-refractivity contribution in [3.05, 3.63) is 176 Å². The molecular weight excluding hydrogens is 1040 g/mol. The highest BCUT2D eigenvalue weighted by Crippen LogP contribution is 2.45. The Balaban J connectivity index is 0.000000197. The minimum Gasteiger partial charge on any atom is -0.478 e. The number of amides is 2. The van der Waals surface area contributed by atoms with Crippen LogP contribution in [0.4, 0.5) is 4.79 Å². The van der Waals surface area contributed by atoms with Crippen LogP contribution in [0.2, 0.25) is 18.1 Å². The molecule has 3 radical (unpaired) electrons. The minimum absolute atomic E-state index is 0. The number of H-pyrrole nitrogens is 2. The Morgan fingerprint density at radius 1 is 0.732 bits per heavy atom. The van der Waals surface area contributed by atoms with Gasteiger partial charge in [0.25, 0.3) is 5.91 Å². The van der Waals surface area contributed by atoms with E-state index in [9.17, 15) is 24.6 Å². The number of nitrogens with one attached hydrogen (secondary N) is 4. The van der Waals surface area contributed by atoms with Gasteiger partial charge in [0.1, 0.15) is 5.60 Å². The van der Waals surface area contributed by atoms with Crippen LogP contribution >= 0.6 is 0 Å². The van der Waals surface area contributed by atoms with Crippen LogP contribution < -0.4 is 10.6 Å². The van der Waals surface area contributed by atoms with Crippen molar-refractivity contribution in [1.82, 2.24) is 40.8 Å². The van der Waals surface area contributed by atoms with E-state index in [-0.39, 0.29) is 55.2 Å². The zero-order valence-corrected chi connectivity index (χ0v) is 51.1. The number of nitrogens with zero attached hydrogens (tertiary/aromatic N) is 4. The lowest BCUT2D eigenvalue weighted by molar-refractivity contribution is -0.00240. The van der Waals surface area contributed by atoms with Gasteiger partial charge in [-0.05, 0) is 181 Å². The van der Waals surface area contributed by atoms with Gasteiger partial charge in [-0.2, -0.15) is 10.2 Å². The van der Waals surface area contributed by atoms with Gasteiger partial charge in [0.2, 0.25) is 0 Å². The van der Waals surface area contributed by atoms with Crippen molar-refractivity contribution in [3.8, 4) is 0 Å². The molecule has 6 aromatic rings. The molecule has 4 aliphatic rings. The quantitative estimate of drug-likeness (QED) is 0.0504. The Morgan fingerprint density at radius 3 is 1.84 bits per heavy atom. The molecule has 2 saturated heterocycles. The Bertz CT molecular complexity index is 3010. The van der Waals surface area contributed by atoms with Crippen molar-refractivity contribution in [1.29, 1.82) is 0 Å². The predicted octanol–water partition coefficient (Wildman–Crippen LogP) is 11.3. The number of aromatic carboxylic acids is 1. The van der Waals surface area contributed by atoms with Gasteiger partial charge in [-0.25, -0.2) is 9.59 Å². The fraction of sp³-hybridized carbons (Fsp3) is 0.492. The first kappa shape index (κ1) is 63.2. The van der Waals surface area contributed by atoms with E-state index < -0.39 is 26.0 Å². The number of aliphatic hydroxyl groups is 1. The third kappa shape index (κ3) is 16.0. The lowest BCUT2D eigenvalue weighted by atomic mass is 10.0. The number of benzene rings is 4. The highest BCUT2D eigenvalue weighted by molar-refractivity contribution is 6.74. The fourth-order valence-electron chi connectivity index (χ4n) is 11.5. The first-order chi connectivity index (χ1) is 38.6. The highest BCUT2D eigenvalue weighted by Gasteiger charge is 2.48. The van der Waals surface area contributed by atoms with Crippen LogP contribution in [0.15, 0.2) is 109 Å². The van der Waals surface area contributed by atoms with Crippen LogP contribution in [0.25, 0.3) is 0 Å². The van der Waals surface area contributed by atoms with Crippen molar-refractivity contribution in [2.45, 2.75) is 192 Å². The monoisotopic (exact) mass is 1130 g/mol. The number of fused-ring (bicyclic) bond motifs is 2. The second-order valence-corrected chi connectivity index (χ2v) is 29.8. The summed E-state index contributed by atoms with van der Waals surface area (Å²) in [5, 5.41) is 41.5. The van der Waals surface area contributed by atoms with Gasteiger partial charge in [-0.3, -0.25) is 19.9 Å². The van der Waals surface area contributed by atoms with E-state index in [2.05, 4.69) is 89.2 Å². The van der Waals surface area contributed by atoms with Gasteiger partial charge >= 0.3 is 12.1 Å².